The van der Waals surface area contributed by atoms with Gasteiger partial charge >= 0.3 is 0 Å². The first-order valence-corrected chi connectivity index (χ1v) is 6.91. The van der Waals surface area contributed by atoms with Crippen LogP contribution >= 0.6 is 11.6 Å². The molecular weight excluding hydrogens is 251 g/mol. The molecule has 0 amide bonds. The van der Waals surface area contributed by atoms with Crippen LogP contribution < -0.4 is 10.6 Å². The van der Waals surface area contributed by atoms with Gasteiger partial charge in [-0.3, -0.25) is 0 Å². The largest absolute Gasteiger partial charge is 0.378 e. The Morgan fingerprint density at radius 3 is 2.61 bits per heavy atom. The summed E-state index contributed by atoms with van der Waals surface area (Å²) < 4.78 is 13.1. The number of hydrogen-bond acceptors (Lipinski definition) is 2. The number of halogens is 2. The second-order valence-corrected chi connectivity index (χ2v) is 5.53. The highest BCUT2D eigenvalue weighted by Crippen LogP contribution is 2.32. The summed E-state index contributed by atoms with van der Waals surface area (Å²) in [5.74, 6) is -0.367. The van der Waals surface area contributed by atoms with Gasteiger partial charge in [-0.1, -0.05) is 30.9 Å². The van der Waals surface area contributed by atoms with E-state index in [1.807, 2.05) is 7.05 Å². The molecule has 0 aromatic heterocycles. The van der Waals surface area contributed by atoms with E-state index in [9.17, 15) is 4.39 Å². The van der Waals surface area contributed by atoms with Crippen LogP contribution in [-0.4, -0.2) is 19.1 Å². The average Bonchev–Trinajstić information content (AvgIpc) is 2.35. The van der Waals surface area contributed by atoms with Gasteiger partial charge in [0.25, 0.3) is 0 Å². The van der Waals surface area contributed by atoms with Crippen molar-refractivity contribution in [2.45, 2.75) is 37.6 Å². The number of anilines is 1. The van der Waals surface area contributed by atoms with Crippen LogP contribution in [0.5, 0.6) is 0 Å². The highest BCUT2D eigenvalue weighted by Gasteiger charge is 2.31. The van der Waals surface area contributed by atoms with Crippen molar-refractivity contribution in [3.05, 3.63) is 29.0 Å². The minimum Gasteiger partial charge on any atom is -0.378 e. The minimum atomic E-state index is -0.367. The van der Waals surface area contributed by atoms with Gasteiger partial charge in [-0.25, -0.2) is 4.39 Å². The predicted octanol–water partition coefficient (Wildman–Crippen LogP) is 3.81. The van der Waals surface area contributed by atoms with Gasteiger partial charge in [0.05, 0.1) is 5.02 Å². The van der Waals surface area contributed by atoms with Crippen molar-refractivity contribution in [2.75, 3.05) is 18.9 Å². The van der Waals surface area contributed by atoms with E-state index in [4.69, 9.17) is 11.6 Å². The summed E-state index contributed by atoms with van der Waals surface area (Å²) in [7, 11) is 1.97. The number of nitrogens with one attached hydrogen (secondary N) is 2. The topological polar surface area (TPSA) is 24.1 Å². The van der Waals surface area contributed by atoms with E-state index in [0.717, 1.165) is 25.1 Å². The van der Waals surface area contributed by atoms with Crippen molar-refractivity contribution < 1.29 is 4.39 Å². The van der Waals surface area contributed by atoms with Gasteiger partial charge in [0, 0.05) is 17.8 Å². The molecule has 2 N–H and O–H groups in total. The highest BCUT2D eigenvalue weighted by atomic mass is 35.5. The fourth-order valence-electron chi connectivity index (χ4n) is 2.79. The summed E-state index contributed by atoms with van der Waals surface area (Å²) in [5.41, 5.74) is 0.979. The SMILES string of the molecule is CNCC1(Nc2ccc(F)c(Cl)c2)CCCCC1. The Kier molecular flexibility index (Phi) is 4.46. The van der Waals surface area contributed by atoms with Crippen LogP contribution in [0.1, 0.15) is 32.1 Å². The van der Waals surface area contributed by atoms with E-state index < -0.39 is 0 Å². The third-order valence-electron chi connectivity index (χ3n) is 3.65. The molecule has 0 radical (unpaired) electrons. The zero-order valence-corrected chi connectivity index (χ0v) is 11.5. The summed E-state index contributed by atoms with van der Waals surface area (Å²) in [5, 5.41) is 6.98. The molecule has 100 valence electrons. The molecule has 2 nitrogen and oxygen atoms in total. The summed E-state index contributed by atoms with van der Waals surface area (Å²) in [6, 6.07) is 4.84. The Labute approximate surface area is 113 Å². The van der Waals surface area contributed by atoms with Crippen molar-refractivity contribution in [3.63, 3.8) is 0 Å². The number of rotatable bonds is 4. The number of likely N-dealkylation sites (N-methyl/N-ethyl adjacent to an activating group) is 1. The van der Waals surface area contributed by atoms with Gasteiger partial charge in [-0.15, -0.1) is 0 Å². The lowest BCUT2D eigenvalue weighted by Crippen LogP contribution is -2.47. The zero-order chi connectivity index (χ0) is 13.0. The molecule has 1 saturated carbocycles. The second-order valence-electron chi connectivity index (χ2n) is 5.13. The smallest absolute Gasteiger partial charge is 0.141 e. The Bertz CT molecular complexity index is 397. The predicted molar refractivity (Wildman–Crippen MR) is 74.8 cm³/mol. The maximum Gasteiger partial charge on any atom is 0.141 e. The van der Waals surface area contributed by atoms with E-state index in [2.05, 4.69) is 10.6 Å². The van der Waals surface area contributed by atoms with Crippen molar-refractivity contribution in [1.29, 1.82) is 0 Å². The molecule has 4 heteroatoms. The molecule has 2 rings (SSSR count). The van der Waals surface area contributed by atoms with E-state index in [1.165, 1.54) is 25.3 Å². The Balaban J connectivity index is 2.14. The van der Waals surface area contributed by atoms with Crippen LogP contribution in [0.15, 0.2) is 18.2 Å². The van der Waals surface area contributed by atoms with Gasteiger partial charge in [-0.05, 0) is 38.1 Å². The van der Waals surface area contributed by atoms with Crippen LogP contribution in [0, 0.1) is 5.82 Å². The van der Waals surface area contributed by atoms with Crippen molar-refractivity contribution >= 4 is 17.3 Å². The van der Waals surface area contributed by atoms with Crippen LogP contribution in [0.4, 0.5) is 10.1 Å². The fourth-order valence-corrected chi connectivity index (χ4v) is 2.97. The van der Waals surface area contributed by atoms with Gasteiger partial charge < -0.3 is 10.6 Å². The van der Waals surface area contributed by atoms with Crippen LogP contribution in [0.2, 0.25) is 5.02 Å². The summed E-state index contributed by atoms with van der Waals surface area (Å²) in [6.45, 7) is 0.919. The molecule has 0 unspecified atom stereocenters. The summed E-state index contributed by atoms with van der Waals surface area (Å²) in [6.07, 6.45) is 6.07. The third kappa shape index (κ3) is 3.15. The van der Waals surface area contributed by atoms with E-state index in [1.54, 1.807) is 12.1 Å². The van der Waals surface area contributed by atoms with Crippen molar-refractivity contribution in [1.82, 2.24) is 5.32 Å². The van der Waals surface area contributed by atoms with Crippen LogP contribution in [0.25, 0.3) is 0 Å². The number of benzene rings is 1. The minimum absolute atomic E-state index is 0.0775. The molecule has 1 aliphatic carbocycles. The van der Waals surface area contributed by atoms with Gasteiger partial charge in [-0.2, -0.15) is 0 Å². The van der Waals surface area contributed by atoms with E-state index in [-0.39, 0.29) is 16.4 Å². The lowest BCUT2D eigenvalue weighted by molar-refractivity contribution is 0.316. The van der Waals surface area contributed by atoms with Crippen molar-refractivity contribution in [3.8, 4) is 0 Å². The molecule has 1 fully saturated rings. The van der Waals surface area contributed by atoms with Crippen LogP contribution in [0.3, 0.4) is 0 Å². The Morgan fingerprint density at radius 1 is 1.28 bits per heavy atom. The first-order chi connectivity index (χ1) is 8.65. The monoisotopic (exact) mass is 270 g/mol. The summed E-state index contributed by atoms with van der Waals surface area (Å²) >= 11 is 5.82. The Morgan fingerprint density at radius 2 is 2.00 bits per heavy atom. The van der Waals surface area contributed by atoms with Gasteiger partial charge in [0.2, 0.25) is 0 Å². The highest BCUT2D eigenvalue weighted by molar-refractivity contribution is 6.31. The lowest BCUT2D eigenvalue weighted by Gasteiger charge is -2.39. The second kappa shape index (κ2) is 5.89. The first kappa shape index (κ1) is 13.6. The molecule has 0 heterocycles. The first-order valence-electron chi connectivity index (χ1n) is 6.53. The molecular formula is C14H20ClFN2. The molecule has 1 aromatic rings. The zero-order valence-electron chi connectivity index (χ0n) is 10.7. The lowest BCUT2D eigenvalue weighted by atomic mass is 9.81. The van der Waals surface area contributed by atoms with Gasteiger partial charge in [0.1, 0.15) is 5.82 Å². The molecule has 0 bridgehead atoms. The number of hydrogen-bond donors (Lipinski definition) is 2. The van der Waals surface area contributed by atoms with Crippen molar-refractivity contribution in [2.24, 2.45) is 0 Å². The fraction of sp³-hybridized carbons (Fsp3) is 0.571. The molecule has 0 saturated heterocycles. The molecule has 18 heavy (non-hydrogen) atoms. The normalized spacial score (nSPS) is 18.6. The van der Waals surface area contributed by atoms with Crippen LogP contribution in [-0.2, 0) is 0 Å². The van der Waals surface area contributed by atoms with Gasteiger partial charge in [0.15, 0.2) is 0 Å². The molecule has 1 aromatic carbocycles. The molecule has 0 spiro atoms. The van der Waals surface area contributed by atoms with E-state index >= 15 is 0 Å². The maximum absolute atomic E-state index is 13.1. The molecule has 0 aliphatic heterocycles. The average molecular weight is 271 g/mol. The Hall–Kier alpha value is -0.800. The summed E-state index contributed by atoms with van der Waals surface area (Å²) in [4.78, 5) is 0. The van der Waals surface area contributed by atoms with E-state index in [0.29, 0.717) is 0 Å². The molecule has 1 aliphatic rings. The quantitative estimate of drug-likeness (QED) is 0.869. The molecule has 0 atom stereocenters. The maximum atomic E-state index is 13.1. The third-order valence-corrected chi connectivity index (χ3v) is 3.94. The standard InChI is InChI=1S/C14H20ClFN2/c1-17-10-14(7-3-2-4-8-14)18-11-5-6-13(16)12(15)9-11/h5-6,9,17-18H,2-4,7-8,10H2,1H3.